The van der Waals surface area contributed by atoms with Gasteiger partial charge in [0, 0.05) is 6.61 Å². The quantitative estimate of drug-likeness (QED) is 0.573. The summed E-state index contributed by atoms with van der Waals surface area (Å²) in [5.41, 5.74) is 4.03. The summed E-state index contributed by atoms with van der Waals surface area (Å²) in [5, 5.41) is 0. The monoisotopic (exact) mass is 222 g/mol. The first kappa shape index (κ1) is 13.2. The van der Waals surface area contributed by atoms with Crippen molar-refractivity contribution in [2.24, 2.45) is 11.8 Å². The summed E-state index contributed by atoms with van der Waals surface area (Å²) in [7, 11) is 0. The minimum absolute atomic E-state index is 0.0104. The molecule has 0 aliphatic heterocycles. The van der Waals surface area contributed by atoms with Crippen molar-refractivity contribution in [2.75, 3.05) is 6.61 Å². The van der Waals surface area contributed by atoms with Gasteiger partial charge in [0.05, 0.1) is 12.1 Å². The number of nitrogens with one attached hydrogen (secondary N) is 1. The Balaban J connectivity index is 2.89. The maximum Gasteiger partial charge on any atom is 0.0993 e. The molecule has 0 aliphatic carbocycles. The van der Waals surface area contributed by atoms with E-state index in [1.54, 1.807) is 0 Å². The molecule has 0 aliphatic rings. The second-order valence-electron chi connectivity index (χ2n) is 4.22. The van der Waals surface area contributed by atoms with Crippen molar-refractivity contribution in [3.8, 4) is 0 Å². The van der Waals surface area contributed by atoms with Crippen LogP contribution >= 0.6 is 0 Å². The van der Waals surface area contributed by atoms with Gasteiger partial charge in [-0.05, 0) is 18.4 Å². The molecule has 3 nitrogen and oxygen atoms in total. The minimum Gasteiger partial charge on any atom is -0.372 e. The van der Waals surface area contributed by atoms with Gasteiger partial charge >= 0.3 is 0 Å². The SMILES string of the molecule is CCOC(c1ccccc1)C(NN)C(C)C. The fraction of sp³-hybridized carbons (Fsp3) is 0.538. The van der Waals surface area contributed by atoms with Crippen molar-refractivity contribution in [1.29, 1.82) is 0 Å². The van der Waals surface area contributed by atoms with Crippen LogP contribution in [0.5, 0.6) is 0 Å². The number of hydrogen-bond acceptors (Lipinski definition) is 3. The van der Waals surface area contributed by atoms with Gasteiger partial charge in [-0.15, -0.1) is 0 Å². The van der Waals surface area contributed by atoms with Crippen molar-refractivity contribution >= 4 is 0 Å². The molecular formula is C13H22N2O. The van der Waals surface area contributed by atoms with Crippen molar-refractivity contribution in [3.63, 3.8) is 0 Å². The summed E-state index contributed by atoms with van der Waals surface area (Å²) in [6.07, 6.45) is 0.0104. The van der Waals surface area contributed by atoms with Crippen LogP contribution in [0.15, 0.2) is 30.3 Å². The highest BCUT2D eigenvalue weighted by atomic mass is 16.5. The first-order valence-electron chi connectivity index (χ1n) is 5.83. The number of benzene rings is 1. The van der Waals surface area contributed by atoms with Gasteiger partial charge in [-0.3, -0.25) is 11.3 Å². The van der Waals surface area contributed by atoms with Crippen molar-refractivity contribution in [3.05, 3.63) is 35.9 Å². The van der Waals surface area contributed by atoms with Crippen LogP contribution in [-0.4, -0.2) is 12.6 Å². The molecule has 3 N–H and O–H groups in total. The van der Waals surface area contributed by atoms with Crippen LogP contribution in [0, 0.1) is 5.92 Å². The Morgan fingerprint density at radius 1 is 1.25 bits per heavy atom. The molecule has 1 rings (SSSR count). The van der Waals surface area contributed by atoms with Gasteiger partial charge in [0.15, 0.2) is 0 Å². The minimum atomic E-state index is 0.0104. The summed E-state index contributed by atoms with van der Waals surface area (Å²) in [4.78, 5) is 0. The number of hydrogen-bond donors (Lipinski definition) is 2. The van der Waals surface area contributed by atoms with Crippen LogP contribution in [-0.2, 0) is 4.74 Å². The molecule has 2 atom stereocenters. The normalized spacial score (nSPS) is 15.1. The fourth-order valence-corrected chi connectivity index (χ4v) is 1.86. The Morgan fingerprint density at radius 2 is 1.88 bits per heavy atom. The topological polar surface area (TPSA) is 47.3 Å². The third-order valence-corrected chi connectivity index (χ3v) is 2.71. The molecular weight excluding hydrogens is 200 g/mol. The van der Waals surface area contributed by atoms with E-state index in [1.807, 2.05) is 25.1 Å². The van der Waals surface area contributed by atoms with Gasteiger partial charge < -0.3 is 4.74 Å². The van der Waals surface area contributed by atoms with Crippen LogP contribution in [0.3, 0.4) is 0 Å². The van der Waals surface area contributed by atoms with Crippen LogP contribution in [0.4, 0.5) is 0 Å². The summed E-state index contributed by atoms with van der Waals surface area (Å²) in [6, 6.07) is 10.3. The predicted octanol–water partition coefficient (Wildman–Crippen LogP) is 2.25. The molecule has 0 bridgehead atoms. The van der Waals surface area contributed by atoms with Gasteiger partial charge in [0.2, 0.25) is 0 Å². The lowest BCUT2D eigenvalue weighted by molar-refractivity contribution is 0.0204. The Hall–Kier alpha value is -0.900. The molecule has 0 amide bonds. The molecule has 0 spiro atoms. The standard InChI is InChI=1S/C13H22N2O/c1-4-16-13(12(15-14)10(2)3)11-8-6-5-7-9-11/h5-10,12-13,15H,4,14H2,1-3H3. The van der Waals surface area contributed by atoms with Gasteiger partial charge in [0.25, 0.3) is 0 Å². The van der Waals surface area contributed by atoms with E-state index in [0.29, 0.717) is 12.5 Å². The van der Waals surface area contributed by atoms with Crippen molar-refractivity contribution in [2.45, 2.75) is 32.9 Å². The number of ether oxygens (including phenoxy) is 1. The van der Waals surface area contributed by atoms with Crippen LogP contribution in [0.25, 0.3) is 0 Å². The van der Waals surface area contributed by atoms with Gasteiger partial charge in [-0.2, -0.15) is 0 Å². The lowest BCUT2D eigenvalue weighted by Gasteiger charge is -2.29. The summed E-state index contributed by atoms with van der Waals surface area (Å²) in [5.74, 6) is 6.03. The van der Waals surface area contributed by atoms with Crippen LogP contribution in [0.2, 0.25) is 0 Å². The molecule has 90 valence electrons. The fourth-order valence-electron chi connectivity index (χ4n) is 1.86. The zero-order chi connectivity index (χ0) is 12.0. The average molecular weight is 222 g/mol. The molecule has 1 aromatic rings. The van der Waals surface area contributed by atoms with Crippen LogP contribution < -0.4 is 11.3 Å². The predicted molar refractivity (Wildman–Crippen MR) is 66.8 cm³/mol. The highest BCUT2D eigenvalue weighted by Gasteiger charge is 2.25. The maximum absolute atomic E-state index is 5.80. The first-order chi connectivity index (χ1) is 7.70. The molecule has 0 heterocycles. The second-order valence-corrected chi connectivity index (χ2v) is 4.22. The summed E-state index contributed by atoms with van der Waals surface area (Å²) < 4.78 is 5.80. The molecule has 3 heteroatoms. The average Bonchev–Trinajstić information content (AvgIpc) is 2.29. The van der Waals surface area contributed by atoms with E-state index in [1.165, 1.54) is 5.56 Å². The van der Waals surface area contributed by atoms with E-state index < -0.39 is 0 Å². The first-order valence-corrected chi connectivity index (χ1v) is 5.83. The number of nitrogens with two attached hydrogens (primary N) is 1. The molecule has 0 radical (unpaired) electrons. The molecule has 0 saturated carbocycles. The molecule has 0 saturated heterocycles. The van der Waals surface area contributed by atoms with E-state index in [9.17, 15) is 0 Å². The molecule has 0 aromatic heterocycles. The summed E-state index contributed by atoms with van der Waals surface area (Å²) >= 11 is 0. The highest BCUT2D eigenvalue weighted by Crippen LogP contribution is 2.25. The third-order valence-electron chi connectivity index (χ3n) is 2.71. The Labute approximate surface area is 98.0 Å². The van der Waals surface area contributed by atoms with E-state index in [0.717, 1.165) is 0 Å². The second kappa shape index (κ2) is 6.63. The zero-order valence-corrected chi connectivity index (χ0v) is 10.3. The lowest BCUT2D eigenvalue weighted by atomic mass is 9.94. The van der Waals surface area contributed by atoms with E-state index in [2.05, 4.69) is 31.4 Å². The van der Waals surface area contributed by atoms with Gasteiger partial charge in [-0.25, -0.2) is 0 Å². The Kier molecular flexibility index (Phi) is 5.46. The number of hydrazine groups is 1. The highest BCUT2D eigenvalue weighted by molar-refractivity contribution is 5.19. The molecule has 2 unspecified atom stereocenters. The number of rotatable bonds is 6. The maximum atomic E-state index is 5.80. The van der Waals surface area contributed by atoms with Gasteiger partial charge in [0.1, 0.15) is 0 Å². The summed E-state index contributed by atoms with van der Waals surface area (Å²) in [6.45, 7) is 6.97. The Morgan fingerprint density at radius 3 is 2.31 bits per heavy atom. The van der Waals surface area contributed by atoms with E-state index in [4.69, 9.17) is 10.6 Å². The van der Waals surface area contributed by atoms with Gasteiger partial charge in [-0.1, -0.05) is 44.2 Å². The molecule has 1 aromatic carbocycles. The lowest BCUT2D eigenvalue weighted by Crippen LogP contribution is -2.44. The molecule has 0 fully saturated rings. The zero-order valence-electron chi connectivity index (χ0n) is 10.3. The third kappa shape index (κ3) is 3.30. The largest absolute Gasteiger partial charge is 0.372 e. The van der Waals surface area contributed by atoms with E-state index >= 15 is 0 Å². The van der Waals surface area contributed by atoms with Crippen molar-refractivity contribution < 1.29 is 4.74 Å². The smallest absolute Gasteiger partial charge is 0.0993 e. The van der Waals surface area contributed by atoms with E-state index in [-0.39, 0.29) is 12.1 Å². The molecule has 16 heavy (non-hydrogen) atoms. The Bertz CT molecular complexity index is 287. The van der Waals surface area contributed by atoms with Crippen LogP contribution in [0.1, 0.15) is 32.4 Å². The van der Waals surface area contributed by atoms with Crippen molar-refractivity contribution in [1.82, 2.24) is 5.43 Å².